The van der Waals surface area contributed by atoms with Gasteiger partial charge in [-0.15, -0.1) is 11.3 Å². The summed E-state index contributed by atoms with van der Waals surface area (Å²) < 4.78 is 3.64. The molecule has 3 heterocycles. The Labute approximate surface area is 135 Å². The molecule has 118 valence electrons. The summed E-state index contributed by atoms with van der Waals surface area (Å²) in [4.78, 5) is 15.2. The SMILES string of the molecule is O=C(c1cc2sccc2n1C1CCCC1)N1CCCCCC1. The average Bonchev–Trinajstić information content (AvgIpc) is 3.19. The van der Waals surface area contributed by atoms with Gasteiger partial charge in [0, 0.05) is 19.1 Å². The molecule has 0 unspecified atom stereocenters. The number of thiophene rings is 1. The van der Waals surface area contributed by atoms with Gasteiger partial charge in [-0.25, -0.2) is 0 Å². The number of carbonyl (C=O) groups excluding carboxylic acids is 1. The maximum absolute atomic E-state index is 13.1. The molecule has 2 aromatic rings. The highest BCUT2D eigenvalue weighted by Gasteiger charge is 2.27. The standard InChI is InChI=1S/C18H24N2OS/c21-18(19-10-5-1-2-6-11-19)16-13-17-15(9-12-22-17)20(16)14-7-3-4-8-14/h9,12-14H,1-8,10-11H2. The Kier molecular flexibility index (Phi) is 3.95. The quantitative estimate of drug-likeness (QED) is 0.778. The number of aromatic nitrogens is 1. The molecular weight excluding hydrogens is 292 g/mol. The molecule has 1 aliphatic heterocycles. The van der Waals surface area contributed by atoms with Crippen LogP contribution < -0.4 is 0 Å². The molecule has 0 N–H and O–H groups in total. The van der Waals surface area contributed by atoms with Gasteiger partial charge in [0.15, 0.2) is 0 Å². The fraction of sp³-hybridized carbons (Fsp3) is 0.611. The Hall–Kier alpha value is -1.29. The summed E-state index contributed by atoms with van der Waals surface area (Å²) in [5, 5.41) is 2.15. The van der Waals surface area contributed by atoms with Crippen molar-refractivity contribution in [3.8, 4) is 0 Å². The predicted molar refractivity (Wildman–Crippen MR) is 91.7 cm³/mol. The first-order valence-corrected chi connectivity index (χ1v) is 9.60. The smallest absolute Gasteiger partial charge is 0.270 e. The summed E-state index contributed by atoms with van der Waals surface area (Å²) in [5.74, 6) is 0.261. The zero-order valence-corrected chi connectivity index (χ0v) is 13.9. The zero-order valence-electron chi connectivity index (χ0n) is 13.1. The molecule has 0 spiro atoms. The molecule has 1 saturated carbocycles. The molecule has 4 heteroatoms. The molecule has 0 aromatic carbocycles. The largest absolute Gasteiger partial charge is 0.337 e. The second-order valence-electron chi connectivity index (χ2n) is 6.71. The lowest BCUT2D eigenvalue weighted by atomic mass is 10.2. The van der Waals surface area contributed by atoms with E-state index in [1.165, 1.54) is 48.7 Å². The van der Waals surface area contributed by atoms with E-state index in [2.05, 4.69) is 27.0 Å². The Bertz CT molecular complexity index is 658. The van der Waals surface area contributed by atoms with Crippen molar-refractivity contribution >= 4 is 27.5 Å². The third-order valence-electron chi connectivity index (χ3n) is 5.26. The number of amides is 1. The number of rotatable bonds is 2. The Morgan fingerprint density at radius 1 is 1.05 bits per heavy atom. The van der Waals surface area contributed by atoms with Crippen molar-refractivity contribution in [2.75, 3.05) is 13.1 Å². The molecule has 4 rings (SSSR count). The van der Waals surface area contributed by atoms with Crippen molar-refractivity contribution in [1.82, 2.24) is 9.47 Å². The molecule has 3 nitrogen and oxygen atoms in total. The number of fused-ring (bicyclic) bond motifs is 1. The molecule has 0 atom stereocenters. The van der Waals surface area contributed by atoms with Crippen LogP contribution in [0.1, 0.15) is 67.9 Å². The van der Waals surface area contributed by atoms with Gasteiger partial charge in [-0.1, -0.05) is 25.7 Å². The minimum atomic E-state index is 0.261. The minimum absolute atomic E-state index is 0.261. The molecule has 1 aliphatic carbocycles. The summed E-state index contributed by atoms with van der Waals surface area (Å²) in [6.45, 7) is 1.87. The van der Waals surface area contributed by atoms with E-state index in [1.54, 1.807) is 11.3 Å². The van der Waals surface area contributed by atoms with Crippen molar-refractivity contribution in [1.29, 1.82) is 0 Å². The Morgan fingerprint density at radius 2 is 1.77 bits per heavy atom. The fourth-order valence-electron chi connectivity index (χ4n) is 4.10. The van der Waals surface area contributed by atoms with E-state index >= 15 is 0 Å². The van der Waals surface area contributed by atoms with Crippen LogP contribution in [0.2, 0.25) is 0 Å². The number of nitrogens with zero attached hydrogens (tertiary/aromatic N) is 2. The molecular formula is C18H24N2OS. The maximum Gasteiger partial charge on any atom is 0.270 e. The van der Waals surface area contributed by atoms with E-state index in [1.807, 2.05) is 0 Å². The summed E-state index contributed by atoms with van der Waals surface area (Å²) in [6, 6.07) is 4.86. The van der Waals surface area contributed by atoms with Crippen molar-refractivity contribution in [2.24, 2.45) is 0 Å². The third-order valence-corrected chi connectivity index (χ3v) is 6.12. The van der Waals surface area contributed by atoms with Gasteiger partial charge in [0.05, 0.1) is 10.2 Å². The van der Waals surface area contributed by atoms with Crippen LogP contribution in [-0.2, 0) is 0 Å². The average molecular weight is 316 g/mol. The van der Waals surface area contributed by atoms with Gasteiger partial charge in [-0.2, -0.15) is 0 Å². The highest BCUT2D eigenvalue weighted by atomic mass is 32.1. The monoisotopic (exact) mass is 316 g/mol. The first-order chi connectivity index (χ1) is 10.8. The van der Waals surface area contributed by atoms with Gasteiger partial charge in [-0.3, -0.25) is 4.79 Å². The van der Waals surface area contributed by atoms with Gasteiger partial charge >= 0.3 is 0 Å². The van der Waals surface area contributed by atoms with Crippen LogP contribution in [0.4, 0.5) is 0 Å². The summed E-state index contributed by atoms with van der Waals surface area (Å²) in [6.07, 6.45) is 9.89. The van der Waals surface area contributed by atoms with Gasteiger partial charge in [-0.05, 0) is 43.2 Å². The minimum Gasteiger partial charge on any atom is -0.337 e. The molecule has 2 fully saturated rings. The second-order valence-corrected chi connectivity index (χ2v) is 7.66. The van der Waals surface area contributed by atoms with Crippen LogP contribution in [0, 0.1) is 0 Å². The van der Waals surface area contributed by atoms with E-state index in [0.717, 1.165) is 31.6 Å². The van der Waals surface area contributed by atoms with Crippen LogP contribution in [-0.4, -0.2) is 28.5 Å². The van der Waals surface area contributed by atoms with Crippen LogP contribution in [0.15, 0.2) is 17.5 Å². The third kappa shape index (κ3) is 2.47. The summed E-state index contributed by atoms with van der Waals surface area (Å²) in [5.41, 5.74) is 2.21. The number of hydrogen-bond acceptors (Lipinski definition) is 2. The highest BCUT2D eigenvalue weighted by molar-refractivity contribution is 7.17. The van der Waals surface area contributed by atoms with Gasteiger partial charge in [0.25, 0.3) is 5.91 Å². The molecule has 2 aliphatic rings. The lowest BCUT2D eigenvalue weighted by Gasteiger charge is -2.23. The Morgan fingerprint density at radius 3 is 2.50 bits per heavy atom. The lowest BCUT2D eigenvalue weighted by Crippen LogP contribution is -2.33. The second kappa shape index (κ2) is 6.07. The number of carbonyl (C=O) groups is 1. The van der Waals surface area contributed by atoms with Crippen LogP contribution in [0.25, 0.3) is 10.2 Å². The molecule has 22 heavy (non-hydrogen) atoms. The van der Waals surface area contributed by atoms with Crippen molar-refractivity contribution in [2.45, 2.75) is 57.4 Å². The first-order valence-electron chi connectivity index (χ1n) is 8.72. The van der Waals surface area contributed by atoms with Crippen LogP contribution >= 0.6 is 11.3 Å². The van der Waals surface area contributed by atoms with Crippen molar-refractivity contribution in [3.05, 3.63) is 23.2 Å². The zero-order chi connectivity index (χ0) is 14.9. The fourth-order valence-corrected chi connectivity index (χ4v) is 4.91. The van der Waals surface area contributed by atoms with E-state index in [0.29, 0.717) is 6.04 Å². The maximum atomic E-state index is 13.1. The van der Waals surface area contributed by atoms with E-state index in [9.17, 15) is 4.79 Å². The number of likely N-dealkylation sites (tertiary alicyclic amines) is 1. The molecule has 1 saturated heterocycles. The summed E-state index contributed by atoms with van der Waals surface area (Å²) >= 11 is 1.76. The molecule has 2 aromatic heterocycles. The normalized spacial score (nSPS) is 20.6. The molecule has 0 bridgehead atoms. The van der Waals surface area contributed by atoms with Gasteiger partial charge < -0.3 is 9.47 Å². The van der Waals surface area contributed by atoms with Crippen molar-refractivity contribution in [3.63, 3.8) is 0 Å². The van der Waals surface area contributed by atoms with E-state index in [4.69, 9.17) is 0 Å². The lowest BCUT2D eigenvalue weighted by molar-refractivity contribution is 0.0749. The van der Waals surface area contributed by atoms with Gasteiger partial charge in [0.1, 0.15) is 5.69 Å². The molecule has 1 amide bonds. The number of hydrogen-bond donors (Lipinski definition) is 0. The van der Waals surface area contributed by atoms with Crippen LogP contribution in [0.5, 0.6) is 0 Å². The van der Waals surface area contributed by atoms with Crippen LogP contribution in [0.3, 0.4) is 0 Å². The first kappa shape index (κ1) is 14.3. The Balaban J connectivity index is 1.71. The topological polar surface area (TPSA) is 25.2 Å². The molecule has 0 radical (unpaired) electrons. The highest BCUT2D eigenvalue weighted by Crippen LogP contribution is 2.37. The predicted octanol–water partition coefficient (Wildman–Crippen LogP) is 4.83. The van der Waals surface area contributed by atoms with E-state index in [-0.39, 0.29) is 5.91 Å². The van der Waals surface area contributed by atoms with Gasteiger partial charge in [0.2, 0.25) is 0 Å². The summed E-state index contributed by atoms with van der Waals surface area (Å²) in [7, 11) is 0. The van der Waals surface area contributed by atoms with Crippen molar-refractivity contribution < 1.29 is 4.79 Å². The van der Waals surface area contributed by atoms with E-state index < -0.39 is 0 Å².